The van der Waals surface area contributed by atoms with Crippen LogP contribution in [0.5, 0.6) is 0 Å². The van der Waals surface area contributed by atoms with Crippen molar-refractivity contribution in [2.75, 3.05) is 23.4 Å². The van der Waals surface area contributed by atoms with Crippen molar-refractivity contribution >= 4 is 26.5 Å². The van der Waals surface area contributed by atoms with Crippen molar-refractivity contribution in [2.24, 2.45) is 0 Å². The van der Waals surface area contributed by atoms with Crippen molar-refractivity contribution in [1.82, 2.24) is 4.72 Å². The number of benzene rings is 1. The molecule has 0 aromatic heterocycles. The molecule has 0 saturated carbocycles. The molecular weight excluding hydrogens is 296 g/mol. The molecule has 0 radical (unpaired) electrons. The van der Waals surface area contributed by atoms with Crippen LogP contribution < -0.4 is 10.0 Å². The molecule has 0 amide bonds. The third-order valence-electron chi connectivity index (χ3n) is 3.25. The molecule has 0 unspecified atom stereocenters. The molecule has 1 aromatic carbocycles. The Hall–Kier alpha value is -0.920. The molecule has 5 nitrogen and oxygen atoms in total. The predicted molar refractivity (Wildman–Crippen MR) is 81.8 cm³/mol. The number of rotatable bonds is 5. The molecule has 1 fully saturated rings. The maximum atomic E-state index is 12.5. The molecule has 2 rings (SSSR count). The molecule has 0 bridgehead atoms. The topological polar surface area (TPSA) is 75.3 Å². The first-order valence-electron chi connectivity index (χ1n) is 6.73. The predicted octanol–water partition coefficient (Wildman–Crippen LogP) is 1.31. The van der Waals surface area contributed by atoms with Crippen LogP contribution in [0.2, 0.25) is 0 Å². The van der Waals surface area contributed by atoms with E-state index in [0.717, 1.165) is 0 Å². The standard InChI is InChI=1S/C13H20N2O3S2/c1-2-14-12-5-3-4-6-13(12)20(17,18)15-11-7-9-19(16)10-8-11/h3-6,11,14-15H,2,7-10H2,1H3. The van der Waals surface area contributed by atoms with E-state index in [9.17, 15) is 12.6 Å². The van der Waals surface area contributed by atoms with Gasteiger partial charge in [0, 0.05) is 34.9 Å². The van der Waals surface area contributed by atoms with Gasteiger partial charge in [-0.25, -0.2) is 13.1 Å². The van der Waals surface area contributed by atoms with Gasteiger partial charge in [0.1, 0.15) is 4.90 Å². The summed E-state index contributed by atoms with van der Waals surface area (Å²) in [6.45, 7) is 2.59. The number of hydrogen-bond donors (Lipinski definition) is 2. The number of hydrogen-bond acceptors (Lipinski definition) is 4. The molecule has 0 atom stereocenters. The van der Waals surface area contributed by atoms with E-state index in [0.29, 0.717) is 36.6 Å². The highest BCUT2D eigenvalue weighted by Crippen LogP contribution is 2.22. The molecule has 1 saturated heterocycles. The normalized spacial score (nSPS) is 23.4. The number of para-hydroxylation sites is 1. The summed E-state index contributed by atoms with van der Waals surface area (Å²) in [6, 6.07) is 6.76. The maximum absolute atomic E-state index is 12.5. The number of nitrogens with one attached hydrogen (secondary N) is 2. The second kappa shape index (κ2) is 6.69. The third kappa shape index (κ3) is 3.80. The lowest BCUT2D eigenvalue weighted by atomic mass is 10.2. The molecule has 1 heterocycles. The second-order valence-electron chi connectivity index (χ2n) is 4.77. The lowest BCUT2D eigenvalue weighted by Crippen LogP contribution is -2.39. The maximum Gasteiger partial charge on any atom is 0.242 e. The lowest BCUT2D eigenvalue weighted by Gasteiger charge is -2.23. The first-order valence-corrected chi connectivity index (χ1v) is 9.70. The summed E-state index contributed by atoms with van der Waals surface area (Å²) in [6.07, 6.45) is 1.27. The van der Waals surface area contributed by atoms with Crippen LogP contribution in [-0.2, 0) is 20.8 Å². The fraction of sp³-hybridized carbons (Fsp3) is 0.538. The van der Waals surface area contributed by atoms with Gasteiger partial charge in [-0.1, -0.05) is 12.1 Å². The summed E-state index contributed by atoms with van der Waals surface area (Å²) in [4.78, 5) is 0.272. The Bertz CT molecular complexity index is 577. The Balaban J connectivity index is 2.16. The van der Waals surface area contributed by atoms with Crippen LogP contribution in [0.3, 0.4) is 0 Å². The van der Waals surface area contributed by atoms with E-state index >= 15 is 0 Å². The van der Waals surface area contributed by atoms with Gasteiger partial charge in [-0.2, -0.15) is 0 Å². The van der Waals surface area contributed by atoms with Gasteiger partial charge in [0.25, 0.3) is 0 Å². The fourth-order valence-corrected chi connectivity index (χ4v) is 5.02. The third-order valence-corrected chi connectivity index (χ3v) is 6.21. The molecule has 0 spiro atoms. The van der Waals surface area contributed by atoms with Crippen molar-refractivity contribution in [3.05, 3.63) is 24.3 Å². The Morgan fingerprint density at radius 1 is 1.25 bits per heavy atom. The van der Waals surface area contributed by atoms with Gasteiger partial charge in [-0.05, 0) is 31.9 Å². The highest BCUT2D eigenvalue weighted by atomic mass is 32.2. The zero-order chi connectivity index (χ0) is 14.6. The van der Waals surface area contributed by atoms with Crippen LogP contribution >= 0.6 is 0 Å². The van der Waals surface area contributed by atoms with Crippen molar-refractivity contribution in [3.8, 4) is 0 Å². The molecule has 1 aliphatic heterocycles. The molecule has 0 aliphatic carbocycles. The minimum Gasteiger partial charge on any atom is -0.384 e. The van der Waals surface area contributed by atoms with Crippen LogP contribution in [0.25, 0.3) is 0 Å². The van der Waals surface area contributed by atoms with E-state index in [1.54, 1.807) is 24.3 Å². The van der Waals surface area contributed by atoms with Gasteiger partial charge >= 0.3 is 0 Å². The minimum absolute atomic E-state index is 0.118. The Kier molecular flexibility index (Phi) is 5.17. The smallest absolute Gasteiger partial charge is 0.242 e. The Morgan fingerprint density at radius 3 is 2.55 bits per heavy atom. The molecule has 112 valence electrons. The van der Waals surface area contributed by atoms with E-state index in [2.05, 4.69) is 10.0 Å². The van der Waals surface area contributed by atoms with E-state index < -0.39 is 20.8 Å². The van der Waals surface area contributed by atoms with Crippen molar-refractivity contribution in [3.63, 3.8) is 0 Å². The average molecular weight is 316 g/mol. The monoisotopic (exact) mass is 316 g/mol. The van der Waals surface area contributed by atoms with E-state index in [4.69, 9.17) is 0 Å². The fourth-order valence-electron chi connectivity index (χ4n) is 2.23. The zero-order valence-electron chi connectivity index (χ0n) is 11.5. The summed E-state index contributed by atoms with van der Waals surface area (Å²) in [5.74, 6) is 1.14. The molecule has 1 aromatic rings. The first-order chi connectivity index (χ1) is 9.53. The van der Waals surface area contributed by atoms with Gasteiger partial charge in [0.2, 0.25) is 10.0 Å². The zero-order valence-corrected chi connectivity index (χ0v) is 13.1. The highest BCUT2D eigenvalue weighted by Gasteiger charge is 2.25. The Morgan fingerprint density at radius 2 is 1.90 bits per heavy atom. The summed E-state index contributed by atoms with van der Waals surface area (Å²) in [5, 5.41) is 3.06. The van der Waals surface area contributed by atoms with Gasteiger partial charge in [-0.3, -0.25) is 4.21 Å². The SMILES string of the molecule is CCNc1ccccc1S(=O)(=O)NC1CCS(=O)CC1. The van der Waals surface area contributed by atoms with E-state index in [-0.39, 0.29) is 10.9 Å². The van der Waals surface area contributed by atoms with Crippen LogP contribution in [0.4, 0.5) is 5.69 Å². The molecule has 2 N–H and O–H groups in total. The van der Waals surface area contributed by atoms with Crippen molar-refractivity contribution < 1.29 is 12.6 Å². The van der Waals surface area contributed by atoms with Crippen LogP contribution in [0, 0.1) is 0 Å². The highest BCUT2D eigenvalue weighted by molar-refractivity contribution is 7.89. The lowest BCUT2D eigenvalue weighted by molar-refractivity contribution is 0.522. The van der Waals surface area contributed by atoms with Crippen LogP contribution in [-0.4, -0.2) is 36.7 Å². The molecule has 20 heavy (non-hydrogen) atoms. The van der Waals surface area contributed by atoms with Crippen LogP contribution in [0.15, 0.2) is 29.2 Å². The van der Waals surface area contributed by atoms with Gasteiger partial charge < -0.3 is 5.32 Å². The van der Waals surface area contributed by atoms with Gasteiger partial charge in [0.05, 0.1) is 5.69 Å². The van der Waals surface area contributed by atoms with Crippen molar-refractivity contribution in [1.29, 1.82) is 0 Å². The average Bonchev–Trinajstić information content (AvgIpc) is 2.42. The molecular formula is C13H20N2O3S2. The molecule has 7 heteroatoms. The van der Waals surface area contributed by atoms with Gasteiger partial charge in [-0.15, -0.1) is 0 Å². The second-order valence-corrected chi connectivity index (χ2v) is 8.15. The summed E-state index contributed by atoms with van der Waals surface area (Å²) in [5.41, 5.74) is 0.613. The number of sulfonamides is 1. The first kappa shape index (κ1) is 15.5. The number of anilines is 1. The van der Waals surface area contributed by atoms with Crippen LogP contribution in [0.1, 0.15) is 19.8 Å². The van der Waals surface area contributed by atoms with E-state index in [1.807, 2.05) is 6.92 Å². The summed E-state index contributed by atoms with van der Waals surface area (Å²) in [7, 11) is -4.33. The summed E-state index contributed by atoms with van der Waals surface area (Å²) < 4.78 is 38.9. The summed E-state index contributed by atoms with van der Waals surface area (Å²) >= 11 is 0. The largest absolute Gasteiger partial charge is 0.384 e. The minimum atomic E-state index is -3.54. The van der Waals surface area contributed by atoms with E-state index in [1.165, 1.54) is 0 Å². The van der Waals surface area contributed by atoms with Crippen molar-refractivity contribution in [2.45, 2.75) is 30.7 Å². The molecule has 1 aliphatic rings. The van der Waals surface area contributed by atoms with Gasteiger partial charge in [0.15, 0.2) is 0 Å². The Labute approximate surface area is 122 Å². The quantitative estimate of drug-likeness (QED) is 0.859.